The van der Waals surface area contributed by atoms with Crippen LogP contribution in [0.5, 0.6) is 0 Å². The minimum atomic E-state index is -3.02. The number of carbonyl (C=O) groups excluding carboxylic acids is 1. The number of nitrogens with zero attached hydrogens (tertiary/aromatic N) is 4. The summed E-state index contributed by atoms with van der Waals surface area (Å²) in [5, 5.41) is 4.16. The molecule has 118 valence electrons. The first-order valence-corrected chi connectivity index (χ1v) is 8.84. The molecule has 1 atom stereocenters. The average Bonchev–Trinajstić information content (AvgIpc) is 3.16. The molecule has 8 heteroatoms. The first kappa shape index (κ1) is 14.8. The third kappa shape index (κ3) is 2.54. The smallest absolute Gasteiger partial charge is 0.259 e. The summed E-state index contributed by atoms with van der Waals surface area (Å²) in [5.41, 5.74) is 0.463. The molecule has 1 aliphatic rings. The van der Waals surface area contributed by atoms with Crippen molar-refractivity contribution in [3.63, 3.8) is 0 Å². The van der Waals surface area contributed by atoms with E-state index in [-0.39, 0.29) is 23.5 Å². The van der Waals surface area contributed by atoms with Gasteiger partial charge in [0.25, 0.3) is 5.91 Å². The van der Waals surface area contributed by atoms with Gasteiger partial charge in [0.15, 0.2) is 9.84 Å². The Morgan fingerprint density at radius 3 is 2.64 bits per heavy atom. The van der Waals surface area contributed by atoms with Gasteiger partial charge >= 0.3 is 0 Å². The summed E-state index contributed by atoms with van der Waals surface area (Å²) in [6, 6.07) is 3.47. The second kappa shape index (κ2) is 5.28. The largest absolute Gasteiger partial charge is 0.338 e. The number of sulfone groups is 1. The number of hydrogen-bond donors (Lipinski definition) is 0. The van der Waals surface area contributed by atoms with Crippen LogP contribution in [0.25, 0.3) is 5.82 Å². The Balaban J connectivity index is 1.90. The lowest BCUT2D eigenvalue weighted by atomic mass is 10.2. The van der Waals surface area contributed by atoms with E-state index in [9.17, 15) is 13.2 Å². The fourth-order valence-corrected chi connectivity index (χ4v) is 4.57. The molecular formula is C14H18N4O3S. The normalized spacial score (nSPS) is 20.2. The highest BCUT2D eigenvalue weighted by Gasteiger charge is 2.34. The highest BCUT2D eigenvalue weighted by atomic mass is 32.2. The molecule has 0 N–H and O–H groups in total. The van der Waals surface area contributed by atoms with Gasteiger partial charge in [-0.25, -0.2) is 8.42 Å². The van der Waals surface area contributed by atoms with Crippen molar-refractivity contribution in [2.75, 3.05) is 18.6 Å². The molecule has 1 amide bonds. The van der Waals surface area contributed by atoms with Crippen LogP contribution in [-0.2, 0) is 16.9 Å². The highest BCUT2D eigenvalue weighted by molar-refractivity contribution is 7.91. The Kier molecular flexibility index (Phi) is 3.56. The zero-order chi connectivity index (χ0) is 15.9. The van der Waals surface area contributed by atoms with Crippen LogP contribution in [0, 0.1) is 0 Å². The third-order valence-electron chi connectivity index (χ3n) is 4.06. The zero-order valence-corrected chi connectivity index (χ0v) is 13.3. The van der Waals surface area contributed by atoms with E-state index in [2.05, 4.69) is 5.10 Å². The van der Waals surface area contributed by atoms with E-state index in [1.54, 1.807) is 18.8 Å². The molecule has 0 unspecified atom stereocenters. The van der Waals surface area contributed by atoms with Gasteiger partial charge in [0.05, 0.1) is 17.7 Å². The molecule has 2 aromatic heterocycles. The lowest BCUT2D eigenvalue weighted by Crippen LogP contribution is -2.38. The lowest BCUT2D eigenvalue weighted by Gasteiger charge is -2.23. The van der Waals surface area contributed by atoms with Gasteiger partial charge < -0.3 is 9.47 Å². The van der Waals surface area contributed by atoms with Gasteiger partial charge in [-0.2, -0.15) is 5.10 Å². The molecule has 0 radical (unpaired) electrons. The summed E-state index contributed by atoms with van der Waals surface area (Å²) in [6.07, 6.45) is 5.70. The van der Waals surface area contributed by atoms with Crippen LogP contribution in [0.15, 0.2) is 30.7 Å². The molecule has 0 bridgehead atoms. The molecular weight excluding hydrogens is 304 g/mol. The van der Waals surface area contributed by atoms with Gasteiger partial charge in [0, 0.05) is 32.5 Å². The summed E-state index contributed by atoms with van der Waals surface area (Å²) in [7, 11) is 0.399. The van der Waals surface area contributed by atoms with E-state index in [0.29, 0.717) is 17.8 Å². The molecule has 0 aliphatic carbocycles. The maximum atomic E-state index is 12.7. The second-order valence-corrected chi connectivity index (χ2v) is 7.80. The molecule has 0 saturated carbocycles. The standard InChI is InChI=1S/C14H18N4O3S/c1-16(11-5-8-22(20,21)10-11)14(19)12-9-15-17(2)13(12)18-6-3-4-7-18/h3-4,6-7,9,11H,5,8,10H2,1-2H3/t11-/m0/s1. The fourth-order valence-electron chi connectivity index (χ4n) is 2.80. The van der Waals surface area contributed by atoms with Gasteiger partial charge in [-0.05, 0) is 18.6 Å². The number of aromatic nitrogens is 3. The molecule has 3 heterocycles. The first-order chi connectivity index (χ1) is 10.4. The summed E-state index contributed by atoms with van der Waals surface area (Å²) >= 11 is 0. The number of amides is 1. The predicted octanol–water partition coefficient (Wildman–Crippen LogP) is 0.470. The van der Waals surface area contributed by atoms with Crippen LogP contribution in [0.4, 0.5) is 0 Å². The average molecular weight is 322 g/mol. The zero-order valence-electron chi connectivity index (χ0n) is 12.5. The van der Waals surface area contributed by atoms with Gasteiger partial charge in [0.2, 0.25) is 0 Å². The predicted molar refractivity (Wildman–Crippen MR) is 81.7 cm³/mol. The monoisotopic (exact) mass is 322 g/mol. The van der Waals surface area contributed by atoms with Crippen molar-refractivity contribution in [3.05, 3.63) is 36.3 Å². The van der Waals surface area contributed by atoms with Gasteiger partial charge in [0.1, 0.15) is 11.4 Å². The number of carbonyl (C=O) groups is 1. The summed E-state index contributed by atoms with van der Waals surface area (Å²) in [5.74, 6) is 0.642. The Bertz CT molecular complexity index is 792. The van der Waals surface area contributed by atoms with Crippen molar-refractivity contribution in [1.29, 1.82) is 0 Å². The quantitative estimate of drug-likeness (QED) is 0.823. The van der Waals surface area contributed by atoms with Crippen LogP contribution in [-0.4, -0.2) is 58.2 Å². The fraction of sp³-hybridized carbons (Fsp3) is 0.429. The summed E-state index contributed by atoms with van der Waals surface area (Å²) in [4.78, 5) is 14.3. The second-order valence-electron chi connectivity index (χ2n) is 5.57. The van der Waals surface area contributed by atoms with Crippen molar-refractivity contribution in [2.45, 2.75) is 12.5 Å². The molecule has 22 heavy (non-hydrogen) atoms. The van der Waals surface area contributed by atoms with Gasteiger partial charge in [-0.15, -0.1) is 0 Å². The minimum Gasteiger partial charge on any atom is -0.338 e. The first-order valence-electron chi connectivity index (χ1n) is 7.02. The van der Waals surface area contributed by atoms with Crippen molar-refractivity contribution in [3.8, 4) is 5.82 Å². The SMILES string of the molecule is CN(C(=O)c1cnn(C)c1-n1cccc1)[C@H]1CCS(=O)(=O)C1. The van der Waals surface area contributed by atoms with E-state index in [1.807, 2.05) is 29.1 Å². The van der Waals surface area contributed by atoms with Crippen LogP contribution in [0.3, 0.4) is 0 Å². The van der Waals surface area contributed by atoms with Crippen LogP contribution in [0.1, 0.15) is 16.8 Å². The molecule has 1 saturated heterocycles. The Morgan fingerprint density at radius 1 is 1.36 bits per heavy atom. The lowest BCUT2D eigenvalue weighted by molar-refractivity contribution is 0.0747. The van der Waals surface area contributed by atoms with Crippen molar-refractivity contribution < 1.29 is 13.2 Å². The Morgan fingerprint density at radius 2 is 2.05 bits per heavy atom. The highest BCUT2D eigenvalue weighted by Crippen LogP contribution is 2.21. The number of hydrogen-bond acceptors (Lipinski definition) is 4. The molecule has 1 aliphatic heterocycles. The topological polar surface area (TPSA) is 77.2 Å². The third-order valence-corrected chi connectivity index (χ3v) is 5.81. The van der Waals surface area contributed by atoms with E-state index < -0.39 is 9.84 Å². The van der Waals surface area contributed by atoms with Crippen LogP contribution >= 0.6 is 0 Å². The Hall–Kier alpha value is -2.09. The molecule has 1 fully saturated rings. The molecule has 2 aromatic rings. The van der Waals surface area contributed by atoms with Crippen molar-refractivity contribution in [1.82, 2.24) is 19.2 Å². The van der Waals surface area contributed by atoms with E-state index in [4.69, 9.17) is 0 Å². The maximum Gasteiger partial charge on any atom is 0.259 e. The Labute approximate surface area is 129 Å². The number of aryl methyl sites for hydroxylation is 1. The molecule has 3 rings (SSSR count). The van der Waals surface area contributed by atoms with Crippen LogP contribution in [0.2, 0.25) is 0 Å². The van der Waals surface area contributed by atoms with E-state index in [1.165, 1.54) is 11.1 Å². The van der Waals surface area contributed by atoms with E-state index >= 15 is 0 Å². The molecule has 0 aromatic carbocycles. The van der Waals surface area contributed by atoms with Gasteiger partial charge in [-0.1, -0.05) is 0 Å². The van der Waals surface area contributed by atoms with Crippen molar-refractivity contribution >= 4 is 15.7 Å². The maximum absolute atomic E-state index is 12.7. The minimum absolute atomic E-state index is 0.0361. The van der Waals surface area contributed by atoms with E-state index in [0.717, 1.165) is 0 Å². The van der Waals surface area contributed by atoms with Crippen LogP contribution < -0.4 is 0 Å². The van der Waals surface area contributed by atoms with Gasteiger partial charge in [-0.3, -0.25) is 9.48 Å². The summed E-state index contributed by atoms with van der Waals surface area (Å²) < 4.78 is 26.7. The molecule has 7 nitrogen and oxygen atoms in total. The molecule has 0 spiro atoms. The number of rotatable bonds is 3. The summed E-state index contributed by atoms with van der Waals surface area (Å²) in [6.45, 7) is 0. The van der Waals surface area contributed by atoms with Crippen molar-refractivity contribution in [2.24, 2.45) is 7.05 Å².